The third kappa shape index (κ3) is 1.89. The smallest absolute Gasteiger partial charge is 0.163 e. The summed E-state index contributed by atoms with van der Waals surface area (Å²) in [6, 6.07) is 5.28. The van der Waals surface area contributed by atoms with Crippen LogP contribution in [0.3, 0.4) is 0 Å². The number of hydrogen-bond acceptors (Lipinski definition) is 2. The van der Waals surface area contributed by atoms with Gasteiger partial charge in [0.15, 0.2) is 5.78 Å². The molecule has 0 saturated carbocycles. The van der Waals surface area contributed by atoms with Gasteiger partial charge in [0.1, 0.15) is 5.75 Å². The molecule has 13 heavy (non-hydrogen) atoms. The standard InChI is InChI=1S/C11H14O2/c1-7(2)9-5-4-6-10(8(3)12)11(9)13/h4-7,13H,1-3H3. The van der Waals surface area contributed by atoms with Gasteiger partial charge in [-0.1, -0.05) is 26.0 Å². The van der Waals surface area contributed by atoms with E-state index in [-0.39, 0.29) is 17.5 Å². The summed E-state index contributed by atoms with van der Waals surface area (Å²) in [4.78, 5) is 11.1. The van der Waals surface area contributed by atoms with Crippen molar-refractivity contribution in [1.82, 2.24) is 0 Å². The minimum atomic E-state index is -0.0972. The maximum Gasteiger partial charge on any atom is 0.163 e. The summed E-state index contributed by atoms with van der Waals surface area (Å²) in [5.74, 6) is 0.268. The van der Waals surface area contributed by atoms with Gasteiger partial charge in [0.25, 0.3) is 0 Å². The van der Waals surface area contributed by atoms with Crippen molar-refractivity contribution >= 4 is 5.78 Å². The number of hydrogen-bond donors (Lipinski definition) is 1. The van der Waals surface area contributed by atoms with Crippen LogP contribution < -0.4 is 0 Å². The highest BCUT2D eigenvalue weighted by atomic mass is 16.3. The highest BCUT2D eigenvalue weighted by molar-refractivity contribution is 5.97. The fourth-order valence-corrected chi connectivity index (χ4v) is 1.31. The molecule has 0 saturated heterocycles. The van der Waals surface area contributed by atoms with Gasteiger partial charge in [0.2, 0.25) is 0 Å². The van der Waals surface area contributed by atoms with Crippen LogP contribution in [0.25, 0.3) is 0 Å². The Morgan fingerprint density at radius 1 is 1.38 bits per heavy atom. The van der Waals surface area contributed by atoms with Crippen molar-refractivity contribution in [3.63, 3.8) is 0 Å². The molecule has 0 radical (unpaired) electrons. The number of rotatable bonds is 2. The van der Waals surface area contributed by atoms with Crippen LogP contribution in [-0.2, 0) is 0 Å². The second-order valence-corrected chi connectivity index (χ2v) is 3.45. The lowest BCUT2D eigenvalue weighted by Gasteiger charge is -2.10. The average molecular weight is 178 g/mol. The van der Waals surface area contributed by atoms with E-state index < -0.39 is 0 Å². The topological polar surface area (TPSA) is 37.3 Å². The Balaban J connectivity index is 3.26. The summed E-state index contributed by atoms with van der Waals surface area (Å²) >= 11 is 0. The lowest BCUT2D eigenvalue weighted by atomic mass is 9.98. The highest BCUT2D eigenvalue weighted by Gasteiger charge is 2.12. The number of para-hydroxylation sites is 1. The molecule has 0 amide bonds. The van der Waals surface area contributed by atoms with Crippen LogP contribution in [0.1, 0.15) is 42.6 Å². The molecular weight excluding hydrogens is 164 g/mol. The van der Waals surface area contributed by atoms with Crippen molar-refractivity contribution in [2.45, 2.75) is 26.7 Å². The van der Waals surface area contributed by atoms with E-state index in [2.05, 4.69) is 0 Å². The van der Waals surface area contributed by atoms with Crippen molar-refractivity contribution in [2.75, 3.05) is 0 Å². The summed E-state index contributed by atoms with van der Waals surface area (Å²) in [7, 11) is 0. The molecule has 2 heteroatoms. The number of aromatic hydroxyl groups is 1. The fourth-order valence-electron chi connectivity index (χ4n) is 1.31. The minimum absolute atomic E-state index is 0.0972. The lowest BCUT2D eigenvalue weighted by molar-refractivity contribution is 0.101. The third-order valence-electron chi connectivity index (χ3n) is 2.07. The van der Waals surface area contributed by atoms with E-state index in [4.69, 9.17) is 0 Å². The zero-order valence-electron chi connectivity index (χ0n) is 8.16. The van der Waals surface area contributed by atoms with Gasteiger partial charge in [0.05, 0.1) is 5.56 Å². The van der Waals surface area contributed by atoms with Crippen LogP contribution in [0.2, 0.25) is 0 Å². The van der Waals surface area contributed by atoms with Crippen molar-refractivity contribution in [2.24, 2.45) is 0 Å². The predicted octanol–water partition coefficient (Wildman–Crippen LogP) is 2.72. The van der Waals surface area contributed by atoms with Gasteiger partial charge >= 0.3 is 0 Å². The molecule has 0 spiro atoms. The molecule has 0 aromatic heterocycles. The molecule has 0 fully saturated rings. The van der Waals surface area contributed by atoms with E-state index in [1.807, 2.05) is 19.9 Å². The first kappa shape index (κ1) is 9.78. The monoisotopic (exact) mass is 178 g/mol. The van der Waals surface area contributed by atoms with Crippen molar-refractivity contribution in [3.05, 3.63) is 29.3 Å². The molecule has 0 aliphatic heterocycles. The maximum atomic E-state index is 11.1. The third-order valence-corrected chi connectivity index (χ3v) is 2.07. The minimum Gasteiger partial charge on any atom is -0.507 e. The molecule has 1 N–H and O–H groups in total. The molecule has 0 bridgehead atoms. The Hall–Kier alpha value is -1.31. The Kier molecular flexibility index (Phi) is 2.71. The van der Waals surface area contributed by atoms with E-state index in [0.29, 0.717) is 5.56 Å². The number of carbonyl (C=O) groups is 1. The zero-order valence-corrected chi connectivity index (χ0v) is 8.16. The Morgan fingerprint density at radius 3 is 2.46 bits per heavy atom. The van der Waals surface area contributed by atoms with E-state index in [0.717, 1.165) is 5.56 Å². The van der Waals surface area contributed by atoms with Crippen molar-refractivity contribution in [3.8, 4) is 5.75 Å². The van der Waals surface area contributed by atoms with Gasteiger partial charge in [-0.15, -0.1) is 0 Å². The summed E-state index contributed by atoms with van der Waals surface area (Å²) in [6.45, 7) is 5.43. The molecule has 1 aromatic carbocycles. The molecule has 70 valence electrons. The molecule has 2 nitrogen and oxygen atoms in total. The SMILES string of the molecule is CC(=O)c1cccc(C(C)C)c1O. The largest absolute Gasteiger partial charge is 0.507 e. The Morgan fingerprint density at radius 2 is 2.00 bits per heavy atom. The molecule has 0 aliphatic rings. The number of carbonyl (C=O) groups excluding carboxylic acids is 1. The van der Waals surface area contributed by atoms with E-state index in [1.54, 1.807) is 12.1 Å². The average Bonchev–Trinajstić information content (AvgIpc) is 2.03. The first-order valence-corrected chi connectivity index (χ1v) is 4.37. The van der Waals surface area contributed by atoms with Crippen LogP contribution in [0, 0.1) is 0 Å². The summed E-state index contributed by atoms with van der Waals surface area (Å²) in [6.07, 6.45) is 0. The molecular formula is C11H14O2. The molecule has 1 rings (SSSR count). The first-order chi connectivity index (χ1) is 6.04. The number of phenols is 1. The van der Waals surface area contributed by atoms with Crippen LogP contribution in [-0.4, -0.2) is 10.9 Å². The number of ketones is 1. The highest BCUT2D eigenvalue weighted by Crippen LogP contribution is 2.28. The number of Topliss-reactive ketones (excluding diaryl/α,β-unsaturated/α-hetero) is 1. The summed E-state index contributed by atoms with van der Waals surface area (Å²) in [5.41, 5.74) is 1.24. The second-order valence-electron chi connectivity index (χ2n) is 3.45. The van der Waals surface area contributed by atoms with Crippen LogP contribution in [0.15, 0.2) is 18.2 Å². The Bertz CT molecular complexity index is 327. The van der Waals surface area contributed by atoms with E-state index in [1.165, 1.54) is 6.92 Å². The molecule has 0 unspecified atom stereocenters. The number of benzene rings is 1. The van der Waals surface area contributed by atoms with Gasteiger partial charge in [0, 0.05) is 0 Å². The van der Waals surface area contributed by atoms with Crippen molar-refractivity contribution in [1.29, 1.82) is 0 Å². The van der Waals surface area contributed by atoms with Gasteiger partial charge in [-0.3, -0.25) is 4.79 Å². The van der Waals surface area contributed by atoms with Gasteiger partial charge in [-0.2, -0.15) is 0 Å². The van der Waals surface area contributed by atoms with E-state index in [9.17, 15) is 9.90 Å². The molecule has 1 aromatic rings. The Labute approximate surface area is 78.2 Å². The van der Waals surface area contributed by atoms with Gasteiger partial charge < -0.3 is 5.11 Å². The van der Waals surface area contributed by atoms with Gasteiger partial charge in [-0.05, 0) is 24.5 Å². The van der Waals surface area contributed by atoms with Crippen LogP contribution in [0.5, 0.6) is 5.75 Å². The lowest BCUT2D eigenvalue weighted by Crippen LogP contribution is -1.96. The summed E-state index contributed by atoms with van der Waals surface area (Å²) in [5, 5.41) is 9.71. The normalized spacial score (nSPS) is 10.5. The fraction of sp³-hybridized carbons (Fsp3) is 0.364. The maximum absolute atomic E-state index is 11.1. The second kappa shape index (κ2) is 3.60. The number of phenolic OH excluding ortho intramolecular Hbond substituents is 1. The van der Waals surface area contributed by atoms with Crippen LogP contribution in [0.4, 0.5) is 0 Å². The summed E-state index contributed by atoms with van der Waals surface area (Å²) < 4.78 is 0. The van der Waals surface area contributed by atoms with Crippen LogP contribution >= 0.6 is 0 Å². The molecule has 0 aliphatic carbocycles. The molecule has 0 heterocycles. The first-order valence-electron chi connectivity index (χ1n) is 4.37. The van der Waals surface area contributed by atoms with Crippen molar-refractivity contribution < 1.29 is 9.90 Å². The van der Waals surface area contributed by atoms with Gasteiger partial charge in [-0.25, -0.2) is 0 Å². The zero-order chi connectivity index (χ0) is 10.0. The van der Waals surface area contributed by atoms with E-state index >= 15 is 0 Å². The predicted molar refractivity (Wildman–Crippen MR) is 52.2 cm³/mol. The quantitative estimate of drug-likeness (QED) is 0.707. The molecule has 0 atom stereocenters.